The predicted molar refractivity (Wildman–Crippen MR) is 27.8 cm³/mol. The molecule has 0 amide bonds. The summed E-state index contributed by atoms with van der Waals surface area (Å²) in [5, 5.41) is 0. The van der Waals surface area contributed by atoms with Crippen LogP contribution < -0.4 is 0 Å². The molecule has 0 fully saturated rings. The molecule has 1 heterocycles. The number of nitrogens with zero attached hydrogens (tertiary/aromatic N) is 1. The Labute approximate surface area is 47.2 Å². The first-order chi connectivity index (χ1) is 3.79. The third-order valence-electron chi connectivity index (χ3n) is 0.788. The summed E-state index contributed by atoms with van der Waals surface area (Å²) < 4.78 is 12.0. The van der Waals surface area contributed by atoms with E-state index in [1.165, 1.54) is 12.1 Å². The number of halogens is 1. The number of aryl methyl sites for hydroxylation is 1. The Bertz CT molecular complexity index is 168. The normalized spacial score (nSPS) is 9.25. The van der Waals surface area contributed by atoms with E-state index in [1.807, 2.05) is 0 Å². The van der Waals surface area contributed by atoms with Crippen molar-refractivity contribution in [2.75, 3.05) is 0 Å². The van der Waals surface area contributed by atoms with Crippen LogP contribution in [0, 0.1) is 18.9 Å². The molecule has 0 unspecified atom stereocenters. The third kappa shape index (κ3) is 1.03. The van der Waals surface area contributed by atoms with Crippen LogP contribution in [0.1, 0.15) is 5.69 Å². The van der Waals surface area contributed by atoms with Gasteiger partial charge in [0.1, 0.15) is 0 Å². The fraction of sp³-hybridized carbons (Fsp3) is 0.167. The van der Waals surface area contributed by atoms with Crippen molar-refractivity contribution in [2.45, 2.75) is 6.92 Å². The molecule has 8 heavy (non-hydrogen) atoms. The van der Waals surface area contributed by atoms with Gasteiger partial charge in [-0.3, -0.25) is 0 Å². The van der Waals surface area contributed by atoms with Crippen molar-refractivity contribution in [3.63, 3.8) is 0 Å². The maximum Gasteiger partial charge on any atom is 0.213 e. The van der Waals surface area contributed by atoms with Crippen LogP contribution >= 0.6 is 0 Å². The van der Waals surface area contributed by atoms with Gasteiger partial charge in [0.25, 0.3) is 0 Å². The second kappa shape index (κ2) is 1.90. The van der Waals surface area contributed by atoms with Gasteiger partial charge in [-0.2, -0.15) is 4.39 Å². The molecule has 1 aromatic heterocycles. The van der Waals surface area contributed by atoms with Crippen molar-refractivity contribution in [1.29, 1.82) is 0 Å². The Morgan fingerprint density at radius 1 is 1.75 bits per heavy atom. The van der Waals surface area contributed by atoms with Gasteiger partial charge in [-0.15, -0.1) is 0 Å². The molecule has 1 radical (unpaired) electrons. The molecule has 0 spiro atoms. The highest BCUT2D eigenvalue weighted by Crippen LogP contribution is 1.92. The van der Waals surface area contributed by atoms with E-state index in [0.29, 0.717) is 5.69 Å². The Hall–Kier alpha value is -0.920. The van der Waals surface area contributed by atoms with Crippen molar-refractivity contribution in [1.82, 2.24) is 4.98 Å². The molecule has 0 saturated heterocycles. The first-order valence-corrected chi connectivity index (χ1v) is 2.30. The van der Waals surface area contributed by atoms with Gasteiger partial charge in [-0.1, -0.05) is 0 Å². The van der Waals surface area contributed by atoms with Crippen LogP contribution in [0.2, 0.25) is 0 Å². The molecular formula is C6H5FN. The molecule has 0 aliphatic carbocycles. The van der Waals surface area contributed by atoms with Gasteiger partial charge in [0.05, 0.1) is 0 Å². The Balaban J connectivity index is 3.08. The minimum atomic E-state index is -0.443. The zero-order valence-electron chi connectivity index (χ0n) is 4.48. The monoisotopic (exact) mass is 110 g/mol. The van der Waals surface area contributed by atoms with Gasteiger partial charge in [0.2, 0.25) is 5.95 Å². The summed E-state index contributed by atoms with van der Waals surface area (Å²) in [5.74, 6) is -0.443. The van der Waals surface area contributed by atoms with Crippen molar-refractivity contribution in [2.24, 2.45) is 0 Å². The summed E-state index contributed by atoms with van der Waals surface area (Å²) >= 11 is 0. The van der Waals surface area contributed by atoms with E-state index in [4.69, 9.17) is 0 Å². The first kappa shape index (κ1) is 5.22. The summed E-state index contributed by atoms with van der Waals surface area (Å²) in [6.07, 6.45) is 0. The van der Waals surface area contributed by atoms with E-state index in [-0.39, 0.29) is 0 Å². The lowest BCUT2D eigenvalue weighted by molar-refractivity contribution is 0.580. The number of aromatic nitrogens is 1. The SMILES string of the molecule is Cc1[c]ccc(F)n1. The average molecular weight is 110 g/mol. The lowest BCUT2D eigenvalue weighted by Crippen LogP contribution is -1.83. The molecule has 2 heteroatoms. The topological polar surface area (TPSA) is 12.9 Å². The van der Waals surface area contributed by atoms with Gasteiger partial charge in [0.15, 0.2) is 0 Å². The summed E-state index contributed by atoms with van der Waals surface area (Å²) in [6, 6.07) is 5.50. The van der Waals surface area contributed by atoms with Gasteiger partial charge in [-0.05, 0) is 19.1 Å². The quantitative estimate of drug-likeness (QED) is 0.459. The summed E-state index contributed by atoms with van der Waals surface area (Å²) in [6.45, 7) is 1.70. The maximum absolute atomic E-state index is 12.0. The minimum absolute atomic E-state index is 0.443. The highest BCUT2D eigenvalue weighted by molar-refractivity contribution is 4.99. The Morgan fingerprint density at radius 3 is 2.88 bits per heavy atom. The van der Waals surface area contributed by atoms with Crippen molar-refractivity contribution >= 4 is 0 Å². The third-order valence-corrected chi connectivity index (χ3v) is 0.788. The first-order valence-electron chi connectivity index (χ1n) is 2.30. The van der Waals surface area contributed by atoms with Crippen molar-refractivity contribution < 1.29 is 4.39 Å². The summed E-state index contributed by atoms with van der Waals surface area (Å²) in [4.78, 5) is 3.45. The second-order valence-electron chi connectivity index (χ2n) is 1.50. The molecule has 0 aliphatic heterocycles. The second-order valence-corrected chi connectivity index (χ2v) is 1.50. The van der Waals surface area contributed by atoms with E-state index in [9.17, 15) is 4.39 Å². The molecule has 41 valence electrons. The standard InChI is InChI=1S/C6H5FN/c1-5-3-2-4-6(7)8-5/h2,4H,1H3. The van der Waals surface area contributed by atoms with Crippen LogP contribution in [0.5, 0.6) is 0 Å². The lowest BCUT2D eigenvalue weighted by Gasteiger charge is -1.86. The van der Waals surface area contributed by atoms with Crippen LogP contribution in [-0.2, 0) is 0 Å². The molecule has 0 aliphatic rings. The molecule has 0 atom stereocenters. The lowest BCUT2D eigenvalue weighted by atomic mass is 10.4. The largest absolute Gasteiger partial charge is 0.224 e. The van der Waals surface area contributed by atoms with Crippen molar-refractivity contribution in [3.8, 4) is 0 Å². The van der Waals surface area contributed by atoms with E-state index >= 15 is 0 Å². The van der Waals surface area contributed by atoms with E-state index in [0.717, 1.165) is 0 Å². The highest BCUT2D eigenvalue weighted by atomic mass is 19.1. The molecule has 1 rings (SSSR count). The van der Waals surface area contributed by atoms with Crippen molar-refractivity contribution in [3.05, 3.63) is 29.8 Å². The van der Waals surface area contributed by atoms with Gasteiger partial charge in [0, 0.05) is 11.8 Å². The highest BCUT2D eigenvalue weighted by Gasteiger charge is 1.86. The molecule has 0 bridgehead atoms. The number of pyridine rings is 1. The number of hydrogen-bond donors (Lipinski definition) is 0. The van der Waals surface area contributed by atoms with Crippen LogP contribution in [0.15, 0.2) is 12.1 Å². The molecule has 0 N–H and O–H groups in total. The Kier molecular flexibility index (Phi) is 1.24. The number of rotatable bonds is 0. The fourth-order valence-electron chi connectivity index (χ4n) is 0.461. The minimum Gasteiger partial charge on any atom is -0.224 e. The molecular weight excluding hydrogens is 105 g/mol. The Morgan fingerprint density at radius 2 is 2.50 bits per heavy atom. The van der Waals surface area contributed by atoms with Gasteiger partial charge >= 0.3 is 0 Å². The summed E-state index contributed by atoms with van der Waals surface area (Å²) in [7, 11) is 0. The smallest absolute Gasteiger partial charge is 0.213 e. The van der Waals surface area contributed by atoms with E-state index in [1.54, 1.807) is 6.92 Å². The summed E-state index contributed by atoms with van der Waals surface area (Å²) in [5.41, 5.74) is 0.588. The van der Waals surface area contributed by atoms with Crippen LogP contribution in [0.3, 0.4) is 0 Å². The van der Waals surface area contributed by atoms with Crippen LogP contribution in [0.25, 0.3) is 0 Å². The molecule has 0 saturated carbocycles. The zero-order chi connectivity index (χ0) is 5.98. The molecule has 0 aromatic carbocycles. The predicted octanol–water partition coefficient (Wildman–Crippen LogP) is 1.33. The zero-order valence-corrected chi connectivity index (χ0v) is 4.48. The fourth-order valence-corrected chi connectivity index (χ4v) is 0.461. The van der Waals surface area contributed by atoms with E-state index in [2.05, 4.69) is 11.1 Å². The molecule has 1 nitrogen and oxygen atoms in total. The average Bonchev–Trinajstić information content (AvgIpc) is 1.64. The van der Waals surface area contributed by atoms with Gasteiger partial charge in [-0.25, -0.2) is 4.98 Å². The van der Waals surface area contributed by atoms with Crippen LogP contribution in [0.4, 0.5) is 4.39 Å². The molecule has 1 aromatic rings. The van der Waals surface area contributed by atoms with E-state index < -0.39 is 5.95 Å². The van der Waals surface area contributed by atoms with Gasteiger partial charge < -0.3 is 0 Å². The van der Waals surface area contributed by atoms with Crippen LogP contribution in [-0.4, -0.2) is 4.98 Å². The maximum atomic E-state index is 12.0. The number of hydrogen-bond acceptors (Lipinski definition) is 1.